The lowest BCUT2D eigenvalue weighted by molar-refractivity contribution is -0.0132. The summed E-state index contributed by atoms with van der Waals surface area (Å²) in [6, 6.07) is 0. The molecular formula is C11H20O2. The predicted octanol–water partition coefficient (Wildman–Crippen LogP) is 1.96. The fourth-order valence-electron chi connectivity index (χ4n) is 3.04. The van der Waals surface area contributed by atoms with Gasteiger partial charge in [0.2, 0.25) is 0 Å². The molecule has 2 fully saturated rings. The van der Waals surface area contributed by atoms with E-state index in [1.54, 1.807) is 0 Å². The van der Waals surface area contributed by atoms with E-state index in [1.165, 1.54) is 25.7 Å². The van der Waals surface area contributed by atoms with E-state index >= 15 is 0 Å². The lowest BCUT2D eigenvalue weighted by Crippen LogP contribution is -2.35. The third kappa shape index (κ3) is 2.05. The fraction of sp³-hybridized carbons (Fsp3) is 1.00. The maximum Gasteiger partial charge on any atom is 0.0574 e. The van der Waals surface area contributed by atoms with E-state index < -0.39 is 0 Å². The second kappa shape index (κ2) is 3.97. The lowest BCUT2D eigenvalue weighted by atomic mass is 9.69. The van der Waals surface area contributed by atoms with E-state index in [1.807, 2.05) is 7.11 Å². The van der Waals surface area contributed by atoms with Crippen LogP contribution in [0.3, 0.4) is 0 Å². The molecule has 0 bridgehead atoms. The molecule has 0 saturated heterocycles. The Morgan fingerprint density at radius 1 is 1.00 bits per heavy atom. The van der Waals surface area contributed by atoms with Crippen molar-refractivity contribution in [2.45, 2.75) is 50.7 Å². The quantitative estimate of drug-likeness (QED) is 0.675. The molecule has 13 heavy (non-hydrogen) atoms. The zero-order valence-corrected chi connectivity index (χ0v) is 8.41. The van der Waals surface area contributed by atoms with Crippen molar-refractivity contribution >= 4 is 0 Å². The van der Waals surface area contributed by atoms with Crippen molar-refractivity contribution in [2.24, 2.45) is 11.8 Å². The van der Waals surface area contributed by atoms with Gasteiger partial charge in [0.25, 0.3) is 0 Å². The van der Waals surface area contributed by atoms with Crippen LogP contribution in [-0.2, 0) is 4.74 Å². The third-order valence-electron chi connectivity index (χ3n) is 3.87. The Morgan fingerprint density at radius 3 is 2.46 bits per heavy atom. The molecule has 0 radical (unpaired) electrons. The average molecular weight is 184 g/mol. The third-order valence-corrected chi connectivity index (χ3v) is 3.87. The maximum absolute atomic E-state index is 9.54. The summed E-state index contributed by atoms with van der Waals surface area (Å²) in [6.07, 6.45) is 7.44. The van der Waals surface area contributed by atoms with Crippen LogP contribution in [0.5, 0.6) is 0 Å². The minimum absolute atomic E-state index is 0.0136. The van der Waals surface area contributed by atoms with Crippen molar-refractivity contribution in [3.63, 3.8) is 0 Å². The van der Waals surface area contributed by atoms with Gasteiger partial charge in [-0.3, -0.25) is 0 Å². The van der Waals surface area contributed by atoms with Gasteiger partial charge in [0.05, 0.1) is 12.2 Å². The van der Waals surface area contributed by atoms with Gasteiger partial charge < -0.3 is 9.84 Å². The van der Waals surface area contributed by atoms with Gasteiger partial charge in [-0.1, -0.05) is 0 Å². The molecule has 0 amide bonds. The van der Waals surface area contributed by atoms with Gasteiger partial charge >= 0.3 is 0 Å². The van der Waals surface area contributed by atoms with E-state index in [9.17, 15) is 5.11 Å². The summed E-state index contributed by atoms with van der Waals surface area (Å²) in [5.74, 6) is 1.62. The van der Waals surface area contributed by atoms with Crippen LogP contribution in [0.15, 0.2) is 0 Å². The van der Waals surface area contributed by atoms with Gasteiger partial charge in [-0.05, 0) is 50.4 Å². The minimum atomic E-state index is -0.0136. The van der Waals surface area contributed by atoms with Crippen molar-refractivity contribution in [3.05, 3.63) is 0 Å². The van der Waals surface area contributed by atoms with Crippen LogP contribution < -0.4 is 0 Å². The zero-order valence-electron chi connectivity index (χ0n) is 8.41. The Balaban J connectivity index is 1.90. The number of aliphatic hydroxyl groups excluding tert-OH is 1. The molecule has 0 aromatic rings. The highest BCUT2D eigenvalue weighted by molar-refractivity contribution is 4.86. The molecule has 4 atom stereocenters. The highest BCUT2D eigenvalue weighted by Crippen LogP contribution is 2.41. The summed E-state index contributed by atoms with van der Waals surface area (Å²) in [6.45, 7) is 0. The number of hydrogen-bond acceptors (Lipinski definition) is 2. The molecule has 0 aromatic carbocycles. The van der Waals surface area contributed by atoms with Gasteiger partial charge in [0.15, 0.2) is 0 Å². The smallest absolute Gasteiger partial charge is 0.0574 e. The minimum Gasteiger partial charge on any atom is -0.393 e. The first-order chi connectivity index (χ1) is 6.29. The molecule has 2 aliphatic rings. The van der Waals surface area contributed by atoms with Gasteiger partial charge in [0.1, 0.15) is 0 Å². The Kier molecular flexibility index (Phi) is 2.89. The van der Waals surface area contributed by atoms with Crippen molar-refractivity contribution in [1.29, 1.82) is 0 Å². The van der Waals surface area contributed by atoms with E-state index in [-0.39, 0.29) is 6.10 Å². The first-order valence-electron chi connectivity index (χ1n) is 5.50. The van der Waals surface area contributed by atoms with Crippen LogP contribution in [0, 0.1) is 11.8 Å². The van der Waals surface area contributed by atoms with E-state index in [0.29, 0.717) is 6.10 Å². The number of rotatable bonds is 1. The number of aliphatic hydroxyl groups is 1. The molecule has 76 valence electrons. The van der Waals surface area contributed by atoms with Crippen molar-refractivity contribution in [1.82, 2.24) is 0 Å². The Hall–Kier alpha value is -0.0800. The van der Waals surface area contributed by atoms with Crippen LogP contribution in [0.4, 0.5) is 0 Å². The molecule has 2 unspecified atom stereocenters. The zero-order chi connectivity index (χ0) is 9.26. The topological polar surface area (TPSA) is 29.5 Å². The molecule has 2 nitrogen and oxygen atoms in total. The van der Waals surface area contributed by atoms with Gasteiger partial charge in [-0.15, -0.1) is 0 Å². The van der Waals surface area contributed by atoms with Gasteiger partial charge in [-0.2, -0.15) is 0 Å². The van der Waals surface area contributed by atoms with Crippen LogP contribution in [-0.4, -0.2) is 24.4 Å². The number of hydrogen-bond donors (Lipinski definition) is 1. The molecule has 0 heterocycles. The molecule has 0 aliphatic heterocycles. The SMILES string of the molecule is CO[C@H]1CCC2C[C@@H](O)CCC2C1. The molecule has 2 aliphatic carbocycles. The summed E-state index contributed by atoms with van der Waals surface area (Å²) in [5.41, 5.74) is 0. The highest BCUT2D eigenvalue weighted by Gasteiger charge is 2.34. The molecule has 2 heteroatoms. The van der Waals surface area contributed by atoms with Gasteiger partial charge in [0, 0.05) is 7.11 Å². The maximum atomic E-state index is 9.54. The first-order valence-corrected chi connectivity index (χ1v) is 5.50. The standard InChI is InChI=1S/C11H20O2/c1-13-11-5-3-8-6-10(12)4-2-9(8)7-11/h8-12H,2-7H2,1H3/t8?,9?,10-,11-/m0/s1. The molecule has 1 N–H and O–H groups in total. The van der Waals surface area contributed by atoms with Crippen LogP contribution >= 0.6 is 0 Å². The van der Waals surface area contributed by atoms with E-state index in [4.69, 9.17) is 4.74 Å². The fourth-order valence-corrected chi connectivity index (χ4v) is 3.04. The Morgan fingerprint density at radius 2 is 1.69 bits per heavy atom. The number of methoxy groups -OCH3 is 1. The lowest BCUT2D eigenvalue weighted by Gasteiger charge is -2.40. The van der Waals surface area contributed by atoms with Crippen LogP contribution in [0.2, 0.25) is 0 Å². The Labute approximate surface area is 80.3 Å². The second-order valence-electron chi connectivity index (χ2n) is 4.66. The van der Waals surface area contributed by atoms with Crippen molar-refractivity contribution < 1.29 is 9.84 Å². The number of ether oxygens (including phenoxy) is 1. The summed E-state index contributed by atoms with van der Waals surface area (Å²) in [4.78, 5) is 0. The highest BCUT2D eigenvalue weighted by atomic mass is 16.5. The van der Waals surface area contributed by atoms with Crippen molar-refractivity contribution in [2.75, 3.05) is 7.11 Å². The molecular weight excluding hydrogens is 164 g/mol. The monoisotopic (exact) mass is 184 g/mol. The van der Waals surface area contributed by atoms with Crippen LogP contribution in [0.1, 0.15) is 38.5 Å². The first kappa shape index (κ1) is 9.47. The van der Waals surface area contributed by atoms with Crippen LogP contribution in [0.25, 0.3) is 0 Å². The molecule has 2 saturated carbocycles. The summed E-state index contributed by atoms with van der Waals surface area (Å²) >= 11 is 0. The summed E-state index contributed by atoms with van der Waals surface area (Å²) in [7, 11) is 1.82. The van der Waals surface area contributed by atoms with Crippen molar-refractivity contribution in [3.8, 4) is 0 Å². The largest absolute Gasteiger partial charge is 0.393 e. The van der Waals surface area contributed by atoms with E-state index in [0.717, 1.165) is 24.7 Å². The molecule has 0 aromatic heterocycles. The van der Waals surface area contributed by atoms with Gasteiger partial charge in [-0.25, -0.2) is 0 Å². The summed E-state index contributed by atoms with van der Waals surface area (Å²) < 4.78 is 5.40. The second-order valence-corrected chi connectivity index (χ2v) is 4.66. The molecule has 2 rings (SSSR count). The molecule has 0 spiro atoms. The average Bonchev–Trinajstić information content (AvgIpc) is 2.17. The van der Waals surface area contributed by atoms with E-state index in [2.05, 4.69) is 0 Å². The normalized spacial score (nSPS) is 45.7. The summed E-state index contributed by atoms with van der Waals surface area (Å²) in [5, 5.41) is 9.54. The Bertz CT molecular complexity index is 169. The predicted molar refractivity (Wildman–Crippen MR) is 51.5 cm³/mol. The number of fused-ring (bicyclic) bond motifs is 1.